The Morgan fingerprint density at radius 3 is 2.70 bits per heavy atom. The molecule has 0 saturated carbocycles. The summed E-state index contributed by atoms with van der Waals surface area (Å²) >= 11 is 7.57. The topological polar surface area (TPSA) is 24.9 Å². The van der Waals surface area contributed by atoms with Crippen LogP contribution in [0.25, 0.3) is 0 Å². The van der Waals surface area contributed by atoms with Crippen LogP contribution in [0.3, 0.4) is 0 Å². The second-order valence-electron chi connectivity index (χ2n) is 4.31. The van der Waals surface area contributed by atoms with Crippen LogP contribution in [0, 0.1) is 5.82 Å². The van der Waals surface area contributed by atoms with Gasteiger partial charge < -0.3 is 5.32 Å². The zero-order valence-electron chi connectivity index (χ0n) is 11.1. The third kappa shape index (κ3) is 4.47. The molecule has 0 aliphatic rings. The number of benzene rings is 1. The summed E-state index contributed by atoms with van der Waals surface area (Å²) in [6, 6.07) is 9.32. The van der Waals surface area contributed by atoms with E-state index in [2.05, 4.69) is 10.3 Å². The highest BCUT2D eigenvalue weighted by Crippen LogP contribution is 2.25. The third-order valence-electron chi connectivity index (χ3n) is 2.81. The number of aromatic nitrogens is 1. The Morgan fingerprint density at radius 1 is 1.30 bits per heavy atom. The quantitative estimate of drug-likeness (QED) is 0.804. The number of nitrogens with one attached hydrogen (secondary N) is 1. The molecule has 0 spiro atoms. The van der Waals surface area contributed by atoms with Crippen LogP contribution in [-0.2, 0) is 0 Å². The lowest BCUT2D eigenvalue weighted by Gasteiger charge is -2.17. The van der Waals surface area contributed by atoms with Crippen molar-refractivity contribution in [2.75, 3.05) is 12.3 Å². The molecule has 0 aliphatic heterocycles. The molecule has 1 aromatic carbocycles. The lowest BCUT2D eigenvalue weighted by atomic mass is 10.1. The summed E-state index contributed by atoms with van der Waals surface area (Å²) in [7, 11) is 0. The van der Waals surface area contributed by atoms with Crippen molar-refractivity contribution in [2.45, 2.75) is 17.9 Å². The molecule has 0 amide bonds. The van der Waals surface area contributed by atoms with Gasteiger partial charge in [-0.25, -0.2) is 4.39 Å². The second kappa shape index (κ2) is 7.62. The molecule has 0 fully saturated rings. The van der Waals surface area contributed by atoms with Crippen molar-refractivity contribution in [3.8, 4) is 0 Å². The summed E-state index contributed by atoms with van der Waals surface area (Å²) in [4.78, 5) is 5.05. The van der Waals surface area contributed by atoms with Gasteiger partial charge in [-0.1, -0.05) is 18.5 Å². The predicted molar refractivity (Wildman–Crippen MR) is 82.8 cm³/mol. The number of pyridine rings is 1. The fourth-order valence-electron chi connectivity index (χ4n) is 1.85. The van der Waals surface area contributed by atoms with Crippen LogP contribution in [0.15, 0.2) is 47.6 Å². The standard InChI is InChI=1S/C15H16ClFN2S/c1-2-19-15(11-7-13(17)9-18-8-11)10-20-14-5-3-12(16)4-6-14/h3-9,15,19H,2,10H2,1H3. The molecule has 0 radical (unpaired) electrons. The van der Waals surface area contributed by atoms with Crippen molar-refractivity contribution in [3.63, 3.8) is 0 Å². The Hall–Kier alpha value is -1.10. The zero-order chi connectivity index (χ0) is 14.4. The fourth-order valence-corrected chi connectivity index (χ4v) is 2.97. The van der Waals surface area contributed by atoms with Crippen LogP contribution >= 0.6 is 23.4 Å². The highest BCUT2D eigenvalue weighted by molar-refractivity contribution is 7.99. The third-order valence-corrected chi connectivity index (χ3v) is 4.17. The molecule has 1 aromatic heterocycles. The fraction of sp³-hybridized carbons (Fsp3) is 0.267. The molecule has 2 nitrogen and oxygen atoms in total. The van der Waals surface area contributed by atoms with Crippen LogP contribution in [-0.4, -0.2) is 17.3 Å². The molecule has 0 bridgehead atoms. The highest BCUT2D eigenvalue weighted by atomic mass is 35.5. The number of hydrogen-bond donors (Lipinski definition) is 1. The van der Waals surface area contributed by atoms with E-state index < -0.39 is 0 Å². The van der Waals surface area contributed by atoms with Crippen LogP contribution < -0.4 is 5.32 Å². The maximum absolute atomic E-state index is 13.3. The Kier molecular flexibility index (Phi) is 5.83. The largest absolute Gasteiger partial charge is 0.309 e. The summed E-state index contributed by atoms with van der Waals surface area (Å²) in [5, 5.41) is 4.08. The number of thioether (sulfide) groups is 1. The molecule has 1 N–H and O–H groups in total. The van der Waals surface area contributed by atoms with Crippen LogP contribution in [0.2, 0.25) is 5.02 Å². The van der Waals surface area contributed by atoms with E-state index in [9.17, 15) is 4.39 Å². The van der Waals surface area contributed by atoms with Gasteiger partial charge in [-0.15, -0.1) is 11.8 Å². The Bertz CT molecular complexity index is 548. The molecule has 0 aliphatic carbocycles. The monoisotopic (exact) mass is 310 g/mol. The van der Waals surface area contributed by atoms with Gasteiger partial charge >= 0.3 is 0 Å². The molecule has 2 aromatic rings. The Morgan fingerprint density at radius 2 is 2.05 bits per heavy atom. The summed E-state index contributed by atoms with van der Waals surface area (Å²) in [6.45, 7) is 2.86. The van der Waals surface area contributed by atoms with Gasteiger partial charge in [-0.2, -0.15) is 0 Å². The van der Waals surface area contributed by atoms with Gasteiger partial charge in [-0.05, 0) is 42.4 Å². The van der Waals surface area contributed by atoms with E-state index in [-0.39, 0.29) is 11.9 Å². The van der Waals surface area contributed by atoms with Crippen molar-refractivity contribution in [3.05, 3.63) is 59.1 Å². The van der Waals surface area contributed by atoms with Crippen LogP contribution in [0.4, 0.5) is 4.39 Å². The van der Waals surface area contributed by atoms with Gasteiger partial charge in [0, 0.05) is 27.9 Å². The van der Waals surface area contributed by atoms with Crippen molar-refractivity contribution in [2.24, 2.45) is 0 Å². The van der Waals surface area contributed by atoms with Gasteiger partial charge in [0.25, 0.3) is 0 Å². The molecule has 106 valence electrons. The smallest absolute Gasteiger partial charge is 0.141 e. The number of rotatable bonds is 6. The second-order valence-corrected chi connectivity index (χ2v) is 5.84. The molecular weight excluding hydrogens is 295 g/mol. The first-order valence-corrected chi connectivity index (χ1v) is 7.77. The number of halogens is 2. The van der Waals surface area contributed by atoms with Crippen LogP contribution in [0.1, 0.15) is 18.5 Å². The van der Waals surface area contributed by atoms with Crippen molar-refractivity contribution in [1.82, 2.24) is 10.3 Å². The minimum Gasteiger partial charge on any atom is -0.309 e. The molecule has 5 heteroatoms. The summed E-state index contributed by atoms with van der Waals surface area (Å²) in [6.07, 6.45) is 2.93. The average Bonchev–Trinajstić information content (AvgIpc) is 2.45. The molecule has 1 unspecified atom stereocenters. The van der Waals surface area contributed by atoms with Crippen molar-refractivity contribution < 1.29 is 4.39 Å². The van der Waals surface area contributed by atoms with Gasteiger partial charge in [0.2, 0.25) is 0 Å². The molecule has 1 heterocycles. The predicted octanol–water partition coefficient (Wildman–Crippen LogP) is 4.32. The highest BCUT2D eigenvalue weighted by Gasteiger charge is 2.12. The van der Waals surface area contributed by atoms with Gasteiger partial charge in [-0.3, -0.25) is 4.98 Å². The maximum atomic E-state index is 13.3. The summed E-state index contributed by atoms with van der Waals surface area (Å²) in [5.41, 5.74) is 0.869. The summed E-state index contributed by atoms with van der Waals surface area (Å²) < 4.78 is 13.3. The van der Waals surface area contributed by atoms with E-state index in [0.29, 0.717) is 0 Å². The first kappa shape index (κ1) is 15.3. The SMILES string of the molecule is CCNC(CSc1ccc(Cl)cc1)c1cncc(F)c1. The van der Waals surface area contributed by atoms with E-state index >= 15 is 0 Å². The van der Waals surface area contributed by atoms with E-state index in [1.165, 1.54) is 12.3 Å². The van der Waals surface area contributed by atoms with E-state index in [1.807, 2.05) is 31.2 Å². The first-order chi connectivity index (χ1) is 9.69. The van der Waals surface area contributed by atoms with Crippen molar-refractivity contribution >= 4 is 23.4 Å². The summed E-state index contributed by atoms with van der Waals surface area (Å²) in [5.74, 6) is 0.502. The van der Waals surface area contributed by atoms with E-state index in [0.717, 1.165) is 27.8 Å². The molecule has 20 heavy (non-hydrogen) atoms. The average molecular weight is 311 g/mol. The van der Waals surface area contributed by atoms with Gasteiger partial charge in [0.05, 0.1) is 6.20 Å². The first-order valence-electron chi connectivity index (χ1n) is 6.41. The van der Waals surface area contributed by atoms with E-state index in [1.54, 1.807) is 18.0 Å². The number of hydrogen-bond acceptors (Lipinski definition) is 3. The molecular formula is C15H16ClFN2S. The van der Waals surface area contributed by atoms with Crippen LogP contribution in [0.5, 0.6) is 0 Å². The molecule has 0 saturated heterocycles. The minimum atomic E-state index is -0.304. The molecule has 1 atom stereocenters. The Balaban J connectivity index is 2.04. The molecule has 2 rings (SSSR count). The van der Waals surface area contributed by atoms with Gasteiger partial charge in [0.15, 0.2) is 0 Å². The number of nitrogens with zero attached hydrogens (tertiary/aromatic N) is 1. The zero-order valence-corrected chi connectivity index (χ0v) is 12.7. The Labute approximate surface area is 127 Å². The lowest BCUT2D eigenvalue weighted by molar-refractivity contribution is 0.582. The lowest BCUT2D eigenvalue weighted by Crippen LogP contribution is -2.23. The van der Waals surface area contributed by atoms with E-state index in [4.69, 9.17) is 11.6 Å². The minimum absolute atomic E-state index is 0.0730. The maximum Gasteiger partial charge on any atom is 0.141 e. The van der Waals surface area contributed by atoms with Crippen molar-refractivity contribution in [1.29, 1.82) is 0 Å². The van der Waals surface area contributed by atoms with Gasteiger partial charge in [0.1, 0.15) is 5.82 Å². The normalized spacial score (nSPS) is 12.3.